The van der Waals surface area contributed by atoms with Crippen LogP contribution >= 0.6 is 0 Å². The van der Waals surface area contributed by atoms with E-state index in [1.807, 2.05) is 0 Å². The average Bonchev–Trinajstić information content (AvgIpc) is 3.10. The van der Waals surface area contributed by atoms with Gasteiger partial charge in [0.2, 0.25) is 11.7 Å². The van der Waals surface area contributed by atoms with Gasteiger partial charge in [0.1, 0.15) is 6.10 Å². The summed E-state index contributed by atoms with van der Waals surface area (Å²) in [4.78, 5) is 4.63. The Balaban J connectivity index is 1.82. The van der Waals surface area contributed by atoms with Crippen LogP contribution < -0.4 is 5.32 Å². The van der Waals surface area contributed by atoms with Gasteiger partial charge in [0.25, 0.3) is 0 Å². The molecule has 0 aliphatic carbocycles. The minimum absolute atomic E-state index is 0.0538. The van der Waals surface area contributed by atoms with E-state index in [1.54, 1.807) is 0 Å². The van der Waals surface area contributed by atoms with Gasteiger partial charge < -0.3 is 14.6 Å². The van der Waals surface area contributed by atoms with E-state index in [0.29, 0.717) is 0 Å². The van der Waals surface area contributed by atoms with Crippen molar-refractivity contribution in [1.29, 1.82) is 0 Å². The lowest BCUT2D eigenvalue weighted by molar-refractivity contribution is 0.103. The standard InChI is InChI=1S/C13H21N3O2/c1-2-13(5-7-14-8-6-13)12-15-11(16-18-12)10-4-3-9-17-10/h10,14H,2-9H2,1H3. The van der Waals surface area contributed by atoms with Gasteiger partial charge in [-0.25, -0.2) is 0 Å². The summed E-state index contributed by atoms with van der Waals surface area (Å²) in [6.07, 6.45) is 5.38. The SMILES string of the molecule is CCC1(c2nc(C3CCCO3)no2)CCNCC1. The van der Waals surface area contributed by atoms with E-state index in [2.05, 4.69) is 22.4 Å². The van der Waals surface area contributed by atoms with E-state index >= 15 is 0 Å². The molecule has 0 saturated carbocycles. The number of ether oxygens (including phenoxy) is 1. The molecule has 0 bridgehead atoms. The smallest absolute Gasteiger partial charge is 0.233 e. The Morgan fingerprint density at radius 3 is 2.89 bits per heavy atom. The Morgan fingerprint density at radius 1 is 1.39 bits per heavy atom. The van der Waals surface area contributed by atoms with E-state index in [1.165, 1.54) is 0 Å². The highest BCUT2D eigenvalue weighted by atomic mass is 16.5. The Morgan fingerprint density at radius 2 is 2.22 bits per heavy atom. The van der Waals surface area contributed by atoms with Crippen molar-refractivity contribution in [1.82, 2.24) is 15.5 Å². The van der Waals surface area contributed by atoms with Crippen molar-refractivity contribution in [3.8, 4) is 0 Å². The zero-order valence-corrected chi connectivity index (χ0v) is 10.9. The Bertz CT molecular complexity index is 393. The van der Waals surface area contributed by atoms with Crippen LogP contribution in [0.2, 0.25) is 0 Å². The molecule has 1 N–H and O–H groups in total. The van der Waals surface area contributed by atoms with E-state index < -0.39 is 0 Å². The second-order valence-corrected chi connectivity index (χ2v) is 5.34. The van der Waals surface area contributed by atoms with Crippen LogP contribution in [0, 0.1) is 0 Å². The number of nitrogens with one attached hydrogen (secondary N) is 1. The molecule has 0 amide bonds. The number of aromatic nitrogens is 2. The van der Waals surface area contributed by atoms with Gasteiger partial charge >= 0.3 is 0 Å². The van der Waals surface area contributed by atoms with Crippen molar-refractivity contribution in [3.63, 3.8) is 0 Å². The summed E-state index contributed by atoms with van der Waals surface area (Å²) >= 11 is 0. The topological polar surface area (TPSA) is 60.2 Å². The van der Waals surface area contributed by atoms with Gasteiger partial charge in [0.05, 0.1) is 5.41 Å². The average molecular weight is 251 g/mol. The molecule has 100 valence electrons. The largest absolute Gasteiger partial charge is 0.370 e. The molecule has 3 heterocycles. The second kappa shape index (κ2) is 4.97. The fraction of sp³-hybridized carbons (Fsp3) is 0.846. The fourth-order valence-electron chi connectivity index (χ4n) is 2.99. The quantitative estimate of drug-likeness (QED) is 0.889. The lowest BCUT2D eigenvalue weighted by Crippen LogP contribution is -2.39. The first-order chi connectivity index (χ1) is 8.84. The van der Waals surface area contributed by atoms with Crippen LogP contribution in [0.4, 0.5) is 0 Å². The van der Waals surface area contributed by atoms with Gasteiger partial charge in [-0.15, -0.1) is 0 Å². The predicted octanol–water partition coefficient (Wildman–Crippen LogP) is 1.95. The van der Waals surface area contributed by atoms with Crippen molar-refractivity contribution in [2.24, 2.45) is 0 Å². The monoisotopic (exact) mass is 251 g/mol. The Labute approximate surface area is 107 Å². The number of hydrogen-bond donors (Lipinski definition) is 1. The van der Waals surface area contributed by atoms with Crippen molar-refractivity contribution < 1.29 is 9.26 Å². The lowest BCUT2D eigenvalue weighted by atomic mass is 9.76. The lowest BCUT2D eigenvalue weighted by Gasteiger charge is -2.33. The minimum Gasteiger partial charge on any atom is -0.370 e. The second-order valence-electron chi connectivity index (χ2n) is 5.34. The maximum absolute atomic E-state index is 5.61. The molecule has 2 aliphatic rings. The van der Waals surface area contributed by atoms with Crippen LogP contribution in [0.25, 0.3) is 0 Å². The summed E-state index contributed by atoms with van der Waals surface area (Å²) in [7, 11) is 0. The zero-order valence-electron chi connectivity index (χ0n) is 10.9. The van der Waals surface area contributed by atoms with E-state index in [4.69, 9.17) is 9.26 Å². The highest BCUT2D eigenvalue weighted by Gasteiger charge is 2.38. The van der Waals surface area contributed by atoms with Crippen molar-refractivity contribution in [2.75, 3.05) is 19.7 Å². The van der Waals surface area contributed by atoms with Crippen LogP contribution in [-0.4, -0.2) is 29.8 Å². The van der Waals surface area contributed by atoms with Crippen LogP contribution in [-0.2, 0) is 10.2 Å². The molecule has 5 heteroatoms. The molecule has 5 nitrogen and oxygen atoms in total. The molecule has 0 aromatic carbocycles. The molecule has 2 fully saturated rings. The number of nitrogens with zero attached hydrogens (tertiary/aromatic N) is 2. The number of rotatable bonds is 3. The van der Waals surface area contributed by atoms with Gasteiger partial charge in [-0.2, -0.15) is 4.98 Å². The summed E-state index contributed by atoms with van der Waals surface area (Å²) in [5.74, 6) is 1.56. The zero-order chi connectivity index (χ0) is 12.4. The van der Waals surface area contributed by atoms with Crippen molar-refractivity contribution in [2.45, 2.75) is 50.5 Å². The highest BCUT2D eigenvalue weighted by molar-refractivity contribution is 5.08. The Hall–Kier alpha value is -0.940. The third-order valence-electron chi connectivity index (χ3n) is 4.35. The molecule has 2 aliphatic heterocycles. The molecule has 1 aromatic heterocycles. The van der Waals surface area contributed by atoms with Gasteiger partial charge in [-0.3, -0.25) is 0 Å². The first-order valence-corrected chi connectivity index (χ1v) is 7.00. The molecule has 0 spiro atoms. The summed E-state index contributed by atoms with van der Waals surface area (Å²) < 4.78 is 11.2. The summed E-state index contributed by atoms with van der Waals surface area (Å²) in [6.45, 7) is 5.09. The van der Waals surface area contributed by atoms with Crippen LogP contribution in [0.3, 0.4) is 0 Å². The maximum atomic E-state index is 5.61. The fourth-order valence-corrected chi connectivity index (χ4v) is 2.99. The highest BCUT2D eigenvalue weighted by Crippen LogP contribution is 2.37. The molecule has 3 rings (SSSR count). The summed E-state index contributed by atoms with van der Waals surface area (Å²) in [5, 5.41) is 7.53. The van der Waals surface area contributed by atoms with Gasteiger partial charge in [-0.05, 0) is 45.2 Å². The van der Waals surface area contributed by atoms with E-state index in [9.17, 15) is 0 Å². The molecule has 2 saturated heterocycles. The first kappa shape index (κ1) is 12.1. The van der Waals surface area contributed by atoms with Gasteiger partial charge in [-0.1, -0.05) is 12.1 Å². The molecule has 0 radical (unpaired) electrons. The number of piperidine rings is 1. The first-order valence-electron chi connectivity index (χ1n) is 7.00. The third kappa shape index (κ3) is 2.06. The minimum atomic E-state index is 0.0538. The van der Waals surface area contributed by atoms with Crippen LogP contribution in [0.1, 0.15) is 56.8 Å². The van der Waals surface area contributed by atoms with E-state index in [-0.39, 0.29) is 11.5 Å². The molecular formula is C13H21N3O2. The summed E-state index contributed by atoms with van der Waals surface area (Å²) in [6, 6.07) is 0. The predicted molar refractivity (Wildman–Crippen MR) is 66.3 cm³/mol. The van der Waals surface area contributed by atoms with E-state index in [0.717, 1.165) is 63.5 Å². The van der Waals surface area contributed by atoms with Crippen LogP contribution in [0.15, 0.2) is 4.52 Å². The van der Waals surface area contributed by atoms with Gasteiger partial charge in [0, 0.05) is 6.61 Å². The molecule has 18 heavy (non-hydrogen) atoms. The maximum Gasteiger partial charge on any atom is 0.233 e. The van der Waals surface area contributed by atoms with Gasteiger partial charge in [0.15, 0.2) is 0 Å². The van der Waals surface area contributed by atoms with Crippen molar-refractivity contribution in [3.05, 3.63) is 11.7 Å². The van der Waals surface area contributed by atoms with Crippen LogP contribution in [0.5, 0.6) is 0 Å². The molecule has 1 aromatic rings. The molecule has 1 unspecified atom stereocenters. The normalized spacial score (nSPS) is 27.5. The Kier molecular flexibility index (Phi) is 3.35. The molecule has 1 atom stereocenters. The molecular weight excluding hydrogens is 230 g/mol. The number of hydrogen-bond acceptors (Lipinski definition) is 5. The summed E-state index contributed by atoms with van der Waals surface area (Å²) in [5.41, 5.74) is 0.0785. The van der Waals surface area contributed by atoms with Crippen molar-refractivity contribution >= 4 is 0 Å². The third-order valence-corrected chi connectivity index (χ3v) is 4.35.